The third-order valence-electron chi connectivity index (χ3n) is 4.33. The van der Waals surface area contributed by atoms with Gasteiger partial charge in [0.05, 0.1) is 16.1 Å². The summed E-state index contributed by atoms with van der Waals surface area (Å²) in [5, 5.41) is 3.17. The highest BCUT2D eigenvalue weighted by atomic mass is 32.1. The quantitative estimate of drug-likeness (QED) is 0.454. The van der Waals surface area contributed by atoms with Gasteiger partial charge < -0.3 is 0 Å². The summed E-state index contributed by atoms with van der Waals surface area (Å²) in [5.41, 5.74) is 3.93. The maximum absolute atomic E-state index is 13.9. The van der Waals surface area contributed by atoms with Crippen molar-refractivity contribution in [3.63, 3.8) is 0 Å². The van der Waals surface area contributed by atoms with Gasteiger partial charge in [-0.3, -0.25) is 10.1 Å². The molecule has 3 aromatic carbocycles. The van der Waals surface area contributed by atoms with E-state index in [0.29, 0.717) is 5.13 Å². The molecule has 0 atom stereocenters. The lowest BCUT2D eigenvalue weighted by Crippen LogP contribution is -2.13. The summed E-state index contributed by atoms with van der Waals surface area (Å²) in [5.74, 6) is -1.07. The van der Waals surface area contributed by atoms with Crippen molar-refractivity contribution in [2.24, 2.45) is 0 Å². The first-order valence-corrected chi connectivity index (χ1v) is 9.62. The molecule has 5 heteroatoms. The highest BCUT2D eigenvalue weighted by Gasteiger charge is 2.18. The molecule has 0 radical (unpaired) electrons. The number of thiazole rings is 1. The summed E-state index contributed by atoms with van der Waals surface area (Å²) < 4.78 is 13.9. The van der Waals surface area contributed by atoms with E-state index >= 15 is 0 Å². The Bertz CT molecular complexity index is 1120. The monoisotopic (exact) mass is 388 g/mol. The second-order valence-electron chi connectivity index (χ2n) is 6.36. The number of aromatic nitrogens is 1. The number of nitrogens with zero attached hydrogens (tertiary/aromatic N) is 1. The third-order valence-corrected chi connectivity index (χ3v) is 5.35. The average molecular weight is 388 g/mol. The standard InChI is InChI=1S/C23H17FN2OS/c1-15-11-13-16(14-12-15)20-21(17-7-3-2-4-8-17)28-23(25-20)26-22(27)18-9-5-6-10-19(18)24/h2-14H,1H3,(H,25,26,27). The molecular formula is C23H17FN2OS. The molecule has 1 aromatic heterocycles. The average Bonchev–Trinajstić information content (AvgIpc) is 3.13. The lowest BCUT2D eigenvalue weighted by atomic mass is 10.1. The van der Waals surface area contributed by atoms with Gasteiger partial charge in [-0.1, -0.05) is 83.6 Å². The van der Waals surface area contributed by atoms with Crippen LogP contribution in [0.2, 0.25) is 0 Å². The zero-order valence-electron chi connectivity index (χ0n) is 15.1. The van der Waals surface area contributed by atoms with Crippen molar-refractivity contribution in [1.29, 1.82) is 0 Å². The Morgan fingerprint density at radius 2 is 1.57 bits per heavy atom. The summed E-state index contributed by atoms with van der Waals surface area (Å²) in [6, 6.07) is 23.9. The van der Waals surface area contributed by atoms with Crippen LogP contribution in [-0.4, -0.2) is 10.9 Å². The maximum Gasteiger partial charge on any atom is 0.260 e. The normalized spacial score (nSPS) is 10.6. The van der Waals surface area contributed by atoms with Gasteiger partial charge >= 0.3 is 0 Å². The van der Waals surface area contributed by atoms with Crippen LogP contribution in [0.3, 0.4) is 0 Å². The molecule has 0 aliphatic rings. The lowest BCUT2D eigenvalue weighted by Gasteiger charge is -2.03. The molecule has 1 N–H and O–H groups in total. The van der Waals surface area contributed by atoms with Crippen molar-refractivity contribution in [3.05, 3.63) is 95.8 Å². The number of anilines is 1. The van der Waals surface area contributed by atoms with Gasteiger partial charge in [-0.15, -0.1) is 0 Å². The molecule has 0 saturated carbocycles. The van der Waals surface area contributed by atoms with E-state index in [0.717, 1.165) is 27.3 Å². The first-order valence-electron chi connectivity index (χ1n) is 8.81. The van der Waals surface area contributed by atoms with Gasteiger partial charge in [0.2, 0.25) is 0 Å². The Labute approximate surface area is 166 Å². The van der Waals surface area contributed by atoms with Crippen LogP contribution >= 0.6 is 11.3 Å². The number of amides is 1. The molecule has 0 fully saturated rings. The van der Waals surface area contributed by atoms with Crippen LogP contribution in [0.15, 0.2) is 78.9 Å². The Hall–Kier alpha value is -3.31. The molecule has 4 aromatic rings. The Balaban J connectivity index is 1.74. The molecule has 4 rings (SSSR count). The van der Waals surface area contributed by atoms with Crippen LogP contribution in [0.4, 0.5) is 9.52 Å². The second kappa shape index (κ2) is 7.74. The fourth-order valence-electron chi connectivity index (χ4n) is 2.88. The van der Waals surface area contributed by atoms with E-state index in [1.807, 2.05) is 61.5 Å². The van der Waals surface area contributed by atoms with Gasteiger partial charge in [0.1, 0.15) is 5.82 Å². The van der Waals surface area contributed by atoms with Crippen LogP contribution in [0.5, 0.6) is 0 Å². The van der Waals surface area contributed by atoms with Crippen LogP contribution in [0.25, 0.3) is 21.7 Å². The van der Waals surface area contributed by atoms with Gasteiger partial charge in [0.15, 0.2) is 5.13 Å². The molecule has 0 unspecified atom stereocenters. The Morgan fingerprint density at radius 1 is 0.893 bits per heavy atom. The summed E-state index contributed by atoms with van der Waals surface area (Å²) in [7, 11) is 0. The van der Waals surface area contributed by atoms with E-state index in [1.54, 1.807) is 12.1 Å². The zero-order chi connectivity index (χ0) is 19.5. The predicted molar refractivity (Wildman–Crippen MR) is 112 cm³/mol. The molecule has 0 aliphatic carbocycles. The fraction of sp³-hybridized carbons (Fsp3) is 0.0435. The number of rotatable bonds is 4. The van der Waals surface area contributed by atoms with Gasteiger partial charge in [-0.25, -0.2) is 9.37 Å². The Morgan fingerprint density at radius 3 is 2.29 bits per heavy atom. The van der Waals surface area contributed by atoms with E-state index in [1.165, 1.54) is 23.5 Å². The number of benzene rings is 3. The van der Waals surface area contributed by atoms with Crippen molar-refractivity contribution >= 4 is 22.4 Å². The molecule has 1 heterocycles. The van der Waals surface area contributed by atoms with Crippen molar-refractivity contribution in [3.8, 4) is 21.7 Å². The third kappa shape index (κ3) is 3.70. The van der Waals surface area contributed by atoms with Crippen molar-refractivity contribution in [2.75, 3.05) is 5.32 Å². The molecule has 0 bridgehead atoms. The molecule has 28 heavy (non-hydrogen) atoms. The van der Waals surface area contributed by atoms with Gasteiger partial charge in [-0.05, 0) is 24.6 Å². The largest absolute Gasteiger partial charge is 0.298 e. The van der Waals surface area contributed by atoms with Gasteiger partial charge in [0, 0.05) is 5.56 Å². The number of carbonyl (C=O) groups excluding carboxylic acids is 1. The molecule has 0 saturated heterocycles. The molecular weight excluding hydrogens is 371 g/mol. The van der Waals surface area contributed by atoms with E-state index < -0.39 is 11.7 Å². The van der Waals surface area contributed by atoms with E-state index in [9.17, 15) is 9.18 Å². The number of aryl methyl sites for hydroxylation is 1. The highest BCUT2D eigenvalue weighted by Crippen LogP contribution is 2.39. The van der Waals surface area contributed by atoms with Crippen molar-refractivity contribution < 1.29 is 9.18 Å². The maximum atomic E-state index is 13.9. The lowest BCUT2D eigenvalue weighted by molar-refractivity contribution is 0.102. The molecule has 138 valence electrons. The topological polar surface area (TPSA) is 42.0 Å². The minimum absolute atomic E-state index is 0.00385. The second-order valence-corrected chi connectivity index (χ2v) is 7.36. The number of carbonyl (C=O) groups is 1. The molecule has 0 aliphatic heterocycles. The van der Waals surface area contributed by atoms with Crippen molar-refractivity contribution in [1.82, 2.24) is 4.98 Å². The first-order chi connectivity index (χ1) is 13.6. The fourth-order valence-corrected chi connectivity index (χ4v) is 3.86. The number of hydrogen-bond acceptors (Lipinski definition) is 3. The predicted octanol–water partition coefficient (Wildman–Crippen LogP) is 6.18. The molecule has 1 amide bonds. The van der Waals surface area contributed by atoms with Crippen LogP contribution < -0.4 is 5.32 Å². The highest BCUT2D eigenvalue weighted by molar-refractivity contribution is 7.19. The molecule has 0 spiro atoms. The van der Waals surface area contributed by atoms with Gasteiger partial charge in [-0.2, -0.15) is 0 Å². The van der Waals surface area contributed by atoms with Gasteiger partial charge in [0.25, 0.3) is 5.91 Å². The van der Waals surface area contributed by atoms with E-state index in [4.69, 9.17) is 0 Å². The number of hydrogen-bond donors (Lipinski definition) is 1. The SMILES string of the molecule is Cc1ccc(-c2nc(NC(=O)c3ccccc3F)sc2-c2ccccc2)cc1. The molecule has 3 nitrogen and oxygen atoms in total. The smallest absolute Gasteiger partial charge is 0.260 e. The summed E-state index contributed by atoms with van der Waals surface area (Å²) in [6.07, 6.45) is 0. The van der Waals surface area contributed by atoms with Crippen LogP contribution in [0.1, 0.15) is 15.9 Å². The zero-order valence-corrected chi connectivity index (χ0v) is 16.0. The minimum Gasteiger partial charge on any atom is -0.298 e. The van der Waals surface area contributed by atoms with E-state index in [2.05, 4.69) is 10.3 Å². The summed E-state index contributed by atoms with van der Waals surface area (Å²) in [6.45, 7) is 2.03. The first kappa shape index (κ1) is 18.1. The Kier molecular flexibility index (Phi) is 5.00. The van der Waals surface area contributed by atoms with E-state index in [-0.39, 0.29) is 5.56 Å². The summed E-state index contributed by atoms with van der Waals surface area (Å²) >= 11 is 1.37. The summed E-state index contributed by atoms with van der Waals surface area (Å²) in [4.78, 5) is 18.1. The van der Waals surface area contributed by atoms with Crippen LogP contribution in [0, 0.1) is 12.7 Å². The van der Waals surface area contributed by atoms with Crippen LogP contribution in [-0.2, 0) is 0 Å². The van der Waals surface area contributed by atoms with Crippen molar-refractivity contribution in [2.45, 2.75) is 6.92 Å². The number of halogens is 1. The number of nitrogens with one attached hydrogen (secondary N) is 1. The minimum atomic E-state index is -0.557.